The molecular formula is C30H28B-. The molecule has 5 aromatic rings. The predicted molar refractivity (Wildman–Crippen MR) is 139 cm³/mol. The molecule has 0 radical (unpaired) electrons. The Balaban J connectivity index is 1.94. The maximum atomic E-state index is 2.38. The molecule has 0 amide bonds. The Labute approximate surface area is 185 Å². The molecule has 152 valence electrons. The second kappa shape index (κ2) is 8.43. The van der Waals surface area contributed by atoms with E-state index in [1.165, 1.54) is 50.8 Å². The van der Waals surface area contributed by atoms with Crippen LogP contribution in [0.4, 0.5) is 0 Å². The number of fused-ring (bicyclic) bond motifs is 2. The van der Waals surface area contributed by atoms with E-state index < -0.39 is 6.15 Å². The summed E-state index contributed by atoms with van der Waals surface area (Å²) in [4.78, 5) is 0. The Hall–Kier alpha value is -3.32. The monoisotopic (exact) mass is 399 g/mol. The van der Waals surface area contributed by atoms with Crippen LogP contribution in [0.25, 0.3) is 21.5 Å². The van der Waals surface area contributed by atoms with Crippen LogP contribution in [-0.2, 0) is 0 Å². The number of hydrogen-bond donors (Lipinski definition) is 0. The van der Waals surface area contributed by atoms with E-state index in [0.29, 0.717) is 0 Å². The fourth-order valence-electron chi connectivity index (χ4n) is 5.66. The van der Waals surface area contributed by atoms with Crippen molar-refractivity contribution < 1.29 is 0 Å². The van der Waals surface area contributed by atoms with Crippen molar-refractivity contribution in [1.29, 1.82) is 0 Å². The Kier molecular flexibility index (Phi) is 5.34. The van der Waals surface area contributed by atoms with Gasteiger partial charge in [-0.2, -0.15) is 22.7 Å². The van der Waals surface area contributed by atoms with Crippen molar-refractivity contribution in [2.24, 2.45) is 0 Å². The van der Waals surface area contributed by atoms with Gasteiger partial charge in [-0.3, -0.25) is 0 Å². The van der Waals surface area contributed by atoms with E-state index in [1.807, 2.05) is 0 Å². The molecule has 0 atom stereocenters. The summed E-state index contributed by atoms with van der Waals surface area (Å²) in [6.07, 6.45) is 2.39. The van der Waals surface area contributed by atoms with Crippen molar-refractivity contribution in [2.75, 3.05) is 0 Å². The summed E-state index contributed by atoms with van der Waals surface area (Å²) in [5.74, 6) is 0. The Morgan fingerprint density at radius 1 is 0.516 bits per heavy atom. The SMILES string of the molecule is CCCC[B-](c1ccccc1)(c1cccc2ccccc12)c1cccc2ccccc12. The van der Waals surface area contributed by atoms with Crippen LogP contribution >= 0.6 is 0 Å². The molecule has 0 saturated heterocycles. The van der Waals surface area contributed by atoms with Crippen LogP contribution in [0.15, 0.2) is 115 Å². The van der Waals surface area contributed by atoms with Gasteiger partial charge in [0.2, 0.25) is 0 Å². The Morgan fingerprint density at radius 3 is 1.55 bits per heavy atom. The lowest BCUT2D eigenvalue weighted by Gasteiger charge is -2.45. The summed E-state index contributed by atoms with van der Waals surface area (Å²) in [7, 11) is 0. The third-order valence-electron chi connectivity index (χ3n) is 7.07. The van der Waals surface area contributed by atoms with Crippen LogP contribution in [-0.4, -0.2) is 6.15 Å². The minimum absolute atomic E-state index is 1.14. The molecule has 0 heterocycles. The first-order valence-electron chi connectivity index (χ1n) is 11.5. The zero-order valence-electron chi connectivity index (χ0n) is 18.2. The van der Waals surface area contributed by atoms with E-state index in [1.54, 1.807) is 0 Å². The molecule has 5 rings (SSSR count). The van der Waals surface area contributed by atoms with Crippen LogP contribution in [0.3, 0.4) is 0 Å². The first-order valence-corrected chi connectivity index (χ1v) is 11.5. The lowest BCUT2D eigenvalue weighted by atomic mass is 9.13. The van der Waals surface area contributed by atoms with Crippen molar-refractivity contribution in [3.63, 3.8) is 0 Å². The van der Waals surface area contributed by atoms with Crippen molar-refractivity contribution in [3.05, 3.63) is 115 Å². The van der Waals surface area contributed by atoms with Crippen molar-refractivity contribution >= 4 is 44.1 Å². The Bertz CT molecular complexity index is 1230. The predicted octanol–water partition coefficient (Wildman–Crippen LogP) is 6.26. The molecule has 0 fully saturated rings. The maximum Gasteiger partial charge on any atom is 0.0830 e. The van der Waals surface area contributed by atoms with Gasteiger partial charge >= 0.3 is 0 Å². The van der Waals surface area contributed by atoms with Crippen LogP contribution in [0, 0.1) is 0 Å². The third kappa shape index (κ3) is 3.35. The van der Waals surface area contributed by atoms with Gasteiger partial charge in [-0.15, -0.1) is 0 Å². The molecule has 0 nitrogen and oxygen atoms in total. The van der Waals surface area contributed by atoms with Gasteiger partial charge in [-0.05, 0) is 10.8 Å². The van der Waals surface area contributed by atoms with Crippen molar-refractivity contribution in [3.8, 4) is 0 Å². The van der Waals surface area contributed by atoms with E-state index in [-0.39, 0.29) is 0 Å². The molecule has 0 bridgehead atoms. The van der Waals surface area contributed by atoms with Crippen LogP contribution in [0.5, 0.6) is 0 Å². The molecule has 0 unspecified atom stereocenters. The van der Waals surface area contributed by atoms with Crippen LogP contribution in [0.2, 0.25) is 6.32 Å². The first-order chi connectivity index (χ1) is 15.3. The summed E-state index contributed by atoms with van der Waals surface area (Å²) in [5, 5.41) is 5.38. The van der Waals surface area contributed by atoms with Crippen molar-refractivity contribution in [1.82, 2.24) is 0 Å². The highest BCUT2D eigenvalue weighted by Crippen LogP contribution is 2.24. The highest BCUT2D eigenvalue weighted by Gasteiger charge is 2.31. The number of benzene rings is 5. The Morgan fingerprint density at radius 2 is 1.00 bits per heavy atom. The van der Waals surface area contributed by atoms with E-state index in [9.17, 15) is 0 Å². The number of rotatable bonds is 6. The van der Waals surface area contributed by atoms with Gasteiger partial charge in [0.25, 0.3) is 0 Å². The van der Waals surface area contributed by atoms with Crippen LogP contribution < -0.4 is 16.4 Å². The highest BCUT2D eigenvalue weighted by molar-refractivity contribution is 7.13. The van der Waals surface area contributed by atoms with E-state index in [2.05, 4.69) is 122 Å². The maximum absolute atomic E-state index is 2.38. The molecular weight excluding hydrogens is 371 g/mol. The summed E-state index contributed by atoms with van der Waals surface area (Å²) >= 11 is 0. The third-order valence-corrected chi connectivity index (χ3v) is 7.07. The average Bonchev–Trinajstić information content (AvgIpc) is 2.85. The van der Waals surface area contributed by atoms with Crippen molar-refractivity contribution in [2.45, 2.75) is 26.1 Å². The molecule has 31 heavy (non-hydrogen) atoms. The highest BCUT2D eigenvalue weighted by atomic mass is 14.1. The smallest absolute Gasteiger partial charge is 0.0830 e. The molecule has 0 aliphatic carbocycles. The molecule has 5 aromatic carbocycles. The summed E-state index contributed by atoms with van der Waals surface area (Å²) in [6, 6.07) is 42.7. The standard InChI is InChI=1S/C30H28B/c1-2-3-23-31(26-17-5-4-6-18-26,29-21-11-15-24-13-7-9-19-27(24)29)30-22-12-16-25-14-8-10-20-28(25)30/h4-22H,2-3,23H2,1H3/q-1. The van der Waals surface area contributed by atoms with Gasteiger partial charge in [-0.25, -0.2) is 0 Å². The molecule has 0 aromatic heterocycles. The summed E-state index contributed by atoms with van der Waals surface area (Å²) in [5.41, 5.74) is 4.37. The lowest BCUT2D eigenvalue weighted by Crippen LogP contribution is -2.67. The zero-order chi connectivity index (χ0) is 21.1. The number of hydrogen-bond acceptors (Lipinski definition) is 0. The first kappa shape index (κ1) is 19.6. The molecule has 0 saturated carbocycles. The van der Waals surface area contributed by atoms with Gasteiger partial charge in [0.1, 0.15) is 0 Å². The fourth-order valence-corrected chi connectivity index (χ4v) is 5.66. The summed E-state index contributed by atoms with van der Waals surface area (Å²) < 4.78 is 0. The average molecular weight is 399 g/mol. The quantitative estimate of drug-likeness (QED) is 0.296. The van der Waals surface area contributed by atoms with E-state index in [0.717, 1.165) is 6.32 Å². The van der Waals surface area contributed by atoms with Gasteiger partial charge < -0.3 is 0 Å². The molecule has 0 aliphatic rings. The number of unbranched alkanes of at least 4 members (excludes halogenated alkanes) is 1. The molecule has 1 heteroatoms. The lowest BCUT2D eigenvalue weighted by molar-refractivity contribution is 0.874. The van der Waals surface area contributed by atoms with Crippen LogP contribution in [0.1, 0.15) is 19.8 Å². The molecule has 0 spiro atoms. The normalized spacial score (nSPS) is 11.8. The second-order valence-corrected chi connectivity index (χ2v) is 8.74. The van der Waals surface area contributed by atoms with Gasteiger partial charge in [-0.1, -0.05) is 146 Å². The van der Waals surface area contributed by atoms with Gasteiger partial charge in [0.05, 0.1) is 6.15 Å². The minimum Gasteiger partial charge on any atom is -0.200 e. The molecule has 0 N–H and O–H groups in total. The second-order valence-electron chi connectivity index (χ2n) is 8.74. The van der Waals surface area contributed by atoms with Gasteiger partial charge in [0, 0.05) is 0 Å². The zero-order valence-corrected chi connectivity index (χ0v) is 18.2. The molecule has 0 aliphatic heterocycles. The topological polar surface area (TPSA) is 0 Å². The van der Waals surface area contributed by atoms with E-state index >= 15 is 0 Å². The largest absolute Gasteiger partial charge is 0.200 e. The van der Waals surface area contributed by atoms with E-state index in [4.69, 9.17) is 0 Å². The fraction of sp³-hybridized carbons (Fsp3) is 0.133. The van der Waals surface area contributed by atoms with Gasteiger partial charge in [0.15, 0.2) is 0 Å². The summed E-state index contributed by atoms with van der Waals surface area (Å²) in [6.45, 7) is 2.30. The minimum atomic E-state index is -1.14.